The van der Waals surface area contributed by atoms with E-state index in [9.17, 15) is 25.1 Å². The summed E-state index contributed by atoms with van der Waals surface area (Å²) in [5, 5.41) is 41.7. The number of anilines is 2. The first-order chi connectivity index (χ1) is 14.9. The van der Waals surface area contributed by atoms with Crippen LogP contribution in [0, 0.1) is 10.1 Å². The van der Waals surface area contributed by atoms with Crippen molar-refractivity contribution in [3.8, 4) is 0 Å². The maximum absolute atomic E-state index is 11.6. The van der Waals surface area contributed by atoms with Crippen LogP contribution in [0.4, 0.5) is 27.8 Å². The summed E-state index contributed by atoms with van der Waals surface area (Å²) in [5.74, 6) is -0.286. The van der Waals surface area contributed by atoms with Crippen LogP contribution in [0.1, 0.15) is 6.92 Å². The Morgan fingerprint density at radius 2 is 1.94 bits per heavy atom. The Labute approximate surface area is 181 Å². The van der Waals surface area contributed by atoms with Gasteiger partial charge in [-0.2, -0.15) is 4.37 Å². The van der Waals surface area contributed by atoms with Crippen molar-refractivity contribution in [3.05, 3.63) is 46.5 Å². The van der Waals surface area contributed by atoms with Crippen molar-refractivity contribution in [2.24, 2.45) is 10.2 Å². The second-order valence-corrected chi connectivity index (χ2v) is 7.22. The fourth-order valence-corrected chi connectivity index (χ4v) is 3.59. The summed E-state index contributed by atoms with van der Waals surface area (Å²) in [6.07, 6.45) is 0. The lowest BCUT2D eigenvalue weighted by atomic mass is 10.2. The van der Waals surface area contributed by atoms with E-state index in [4.69, 9.17) is 0 Å². The predicted molar refractivity (Wildman–Crippen MR) is 118 cm³/mol. The molecule has 3 N–H and O–H groups in total. The molecule has 0 fully saturated rings. The molecule has 11 nitrogen and oxygen atoms in total. The number of aliphatic hydroxyl groups excluding tert-OH is 2. The zero-order chi connectivity index (χ0) is 22.4. The number of rotatable bonds is 9. The minimum absolute atomic E-state index is 0.0752. The van der Waals surface area contributed by atoms with Gasteiger partial charge in [-0.3, -0.25) is 14.9 Å². The van der Waals surface area contributed by atoms with Gasteiger partial charge >= 0.3 is 0 Å². The maximum atomic E-state index is 11.6. The molecule has 3 rings (SSSR count). The third-order valence-corrected chi connectivity index (χ3v) is 5.06. The van der Waals surface area contributed by atoms with Crippen LogP contribution >= 0.6 is 11.5 Å². The number of nitrogens with one attached hydrogen (secondary N) is 1. The van der Waals surface area contributed by atoms with Gasteiger partial charge in [0, 0.05) is 43.2 Å². The van der Waals surface area contributed by atoms with Gasteiger partial charge in [-0.25, -0.2) is 0 Å². The third kappa shape index (κ3) is 5.36. The molecule has 0 atom stereocenters. The summed E-state index contributed by atoms with van der Waals surface area (Å²) in [4.78, 5) is 23.9. The van der Waals surface area contributed by atoms with Gasteiger partial charge in [0.2, 0.25) is 5.91 Å². The molecule has 0 aliphatic rings. The molecular formula is C19H20N6O5S. The first-order valence-electron chi connectivity index (χ1n) is 9.26. The molecule has 0 radical (unpaired) electrons. The van der Waals surface area contributed by atoms with E-state index in [1.165, 1.54) is 19.1 Å². The highest BCUT2D eigenvalue weighted by molar-refractivity contribution is 7.11. The van der Waals surface area contributed by atoms with E-state index in [0.717, 1.165) is 11.5 Å². The Hall–Kier alpha value is -3.48. The molecule has 1 aromatic heterocycles. The minimum atomic E-state index is -0.493. The molecule has 1 heterocycles. The number of hydrogen-bond acceptors (Lipinski definition) is 10. The molecule has 3 aromatic rings. The number of fused-ring (bicyclic) bond motifs is 1. The molecule has 12 heteroatoms. The van der Waals surface area contributed by atoms with Crippen molar-refractivity contribution in [1.82, 2.24) is 4.37 Å². The second kappa shape index (κ2) is 10.0. The molecule has 0 saturated carbocycles. The van der Waals surface area contributed by atoms with E-state index in [1.807, 2.05) is 0 Å². The van der Waals surface area contributed by atoms with E-state index in [1.54, 1.807) is 29.2 Å². The zero-order valence-electron chi connectivity index (χ0n) is 16.6. The van der Waals surface area contributed by atoms with Crippen LogP contribution in [0.15, 0.2) is 46.6 Å². The molecule has 0 saturated heterocycles. The lowest BCUT2D eigenvalue weighted by molar-refractivity contribution is -0.384. The number of amides is 1. The van der Waals surface area contributed by atoms with Crippen molar-refractivity contribution in [3.63, 3.8) is 0 Å². The van der Waals surface area contributed by atoms with Gasteiger partial charge in [0.1, 0.15) is 5.69 Å². The van der Waals surface area contributed by atoms with Crippen molar-refractivity contribution >= 4 is 56.1 Å². The Morgan fingerprint density at radius 3 is 2.58 bits per heavy atom. The number of nitro benzene ring substituents is 1. The number of azo groups is 1. The molecule has 0 unspecified atom stereocenters. The zero-order valence-corrected chi connectivity index (χ0v) is 17.4. The van der Waals surface area contributed by atoms with E-state index >= 15 is 0 Å². The number of non-ortho nitro benzene ring substituents is 1. The number of aliphatic hydroxyl groups is 2. The highest BCUT2D eigenvalue weighted by Crippen LogP contribution is 2.36. The Kier molecular flexibility index (Phi) is 7.18. The average Bonchev–Trinajstić information content (AvgIpc) is 3.14. The molecule has 2 aromatic carbocycles. The quantitative estimate of drug-likeness (QED) is 0.260. The van der Waals surface area contributed by atoms with E-state index < -0.39 is 4.92 Å². The molecule has 0 bridgehead atoms. The van der Waals surface area contributed by atoms with Crippen molar-refractivity contribution in [1.29, 1.82) is 0 Å². The Bertz CT molecular complexity index is 1130. The second-order valence-electron chi connectivity index (χ2n) is 6.46. The van der Waals surface area contributed by atoms with Crippen LogP contribution in [0.5, 0.6) is 0 Å². The van der Waals surface area contributed by atoms with Gasteiger partial charge in [0.05, 0.1) is 29.3 Å². The number of nitro groups is 1. The monoisotopic (exact) mass is 444 g/mol. The number of benzene rings is 2. The molecule has 31 heavy (non-hydrogen) atoms. The van der Waals surface area contributed by atoms with Crippen LogP contribution < -0.4 is 10.2 Å². The number of aromatic nitrogens is 1. The SMILES string of the molecule is CC(=O)Nc1ccc(N(CCO)CCO)cc1N=Nc1snc2ccc([N+](=O)[O-])cc12. The fraction of sp³-hybridized carbons (Fsp3) is 0.263. The Morgan fingerprint density at radius 1 is 1.19 bits per heavy atom. The lowest BCUT2D eigenvalue weighted by Crippen LogP contribution is -2.29. The van der Waals surface area contributed by atoms with Crippen LogP contribution in [0.25, 0.3) is 10.9 Å². The Balaban J connectivity index is 2.01. The third-order valence-electron chi connectivity index (χ3n) is 4.30. The fourth-order valence-electron chi connectivity index (χ4n) is 2.91. The van der Waals surface area contributed by atoms with Gasteiger partial charge in [-0.1, -0.05) is 0 Å². The maximum Gasteiger partial charge on any atom is 0.270 e. The number of carbonyl (C=O) groups excluding carboxylic acids is 1. The smallest absolute Gasteiger partial charge is 0.270 e. The first kappa shape index (κ1) is 22.2. The van der Waals surface area contributed by atoms with Crippen LogP contribution in [-0.4, -0.2) is 51.7 Å². The average molecular weight is 444 g/mol. The topological polar surface area (TPSA) is 154 Å². The van der Waals surface area contributed by atoms with Crippen molar-refractivity contribution in [2.75, 3.05) is 36.5 Å². The van der Waals surface area contributed by atoms with Gasteiger partial charge < -0.3 is 20.4 Å². The number of hydrogen-bond donors (Lipinski definition) is 3. The van der Waals surface area contributed by atoms with Gasteiger partial charge in [-0.15, -0.1) is 10.2 Å². The summed E-state index contributed by atoms with van der Waals surface area (Å²) in [7, 11) is 0. The van der Waals surface area contributed by atoms with Crippen LogP contribution in [0.2, 0.25) is 0 Å². The summed E-state index contributed by atoms with van der Waals surface area (Å²) < 4.78 is 4.23. The predicted octanol–water partition coefficient (Wildman–Crippen LogP) is 3.37. The molecule has 0 spiro atoms. The highest BCUT2D eigenvalue weighted by Gasteiger charge is 2.14. The molecular weight excluding hydrogens is 424 g/mol. The highest BCUT2D eigenvalue weighted by atomic mass is 32.1. The molecule has 0 aliphatic heterocycles. The number of nitrogens with zero attached hydrogens (tertiary/aromatic N) is 5. The molecule has 162 valence electrons. The van der Waals surface area contributed by atoms with Gasteiger partial charge in [0.25, 0.3) is 5.69 Å². The largest absolute Gasteiger partial charge is 0.395 e. The lowest BCUT2D eigenvalue weighted by Gasteiger charge is -2.23. The van der Waals surface area contributed by atoms with E-state index in [2.05, 4.69) is 19.9 Å². The normalized spacial score (nSPS) is 11.2. The minimum Gasteiger partial charge on any atom is -0.395 e. The number of carbonyl (C=O) groups is 1. The van der Waals surface area contributed by atoms with Gasteiger partial charge in [-0.05, 0) is 35.8 Å². The molecule has 0 aliphatic carbocycles. The van der Waals surface area contributed by atoms with Crippen molar-refractivity contribution < 1.29 is 19.9 Å². The summed E-state index contributed by atoms with van der Waals surface area (Å²) in [6, 6.07) is 9.38. The molecule has 1 amide bonds. The summed E-state index contributed by atoms with van der Waals surface area (Å²) in [6.45, 7) is 1.78. The van der Waals surface area contributed by atoms with E-state index in [-0.39, 0.29) is 24.8 Å². The summed E-state index contributed by atoms with van der Waals surface area (Å²) >= 11 is 1.05. The van der Waals surface area contributed by atoms with E-state index in [0.29, 0.717) is 46.1 Å². The summed E-state index contributed by atoms with van der Waals surface area (Å²) in [5.41, 5.74) is 1.94. The van der Waals surface area contributed by atoms with Crippen LogP contribution in [-0.2, 0) is 4.79 Å². The van der Waals surface area contributed by atoms with Crippen molar-refractivity contribution in [2.45, 2.75) is 6.92 Å². The van der Waals surface area contributed by atoms with Crippen LogP contribution in [0.3, 0.4) is 0 Å². The standard InChI is InChI=1S/C19H20N6O5S/c1-12(28)20-17-5-2-13(24(6-8-26)7-9-27)11-18(17)21-22-19-15-10-14(25(29)30)3-4-16(15)23-31-19/h2-5,10-11,26-27H,6-9H2,1H3,(H,20,28). The van der Waals surface area contributed by atoms with Gasteiger partial charge in [0.15, 0.2) is 5.00 Å². The first-order valence-corrected chi connectivity index (χ1v) is 10.0.